The molecule has 2 rings (SSSR count). The van der Waals surface area contributed by atoms with Crippen LogP contribution in [-0.4, -0.2) is 26.3 Å². The standard InChI is InChI=1S/C13H16N4O2S/c1-4-9-5-14-10(20-9)6-15-12-11(13(18)19)7(2)8(3)16-17-12/h5H,4,6H2,1-3H3,(H,15,17)(H,18,19). The maximum Gasteiger partial charge on any atom is 0.339 e. The van der Waals surface area contributed by atoms with Gasteiger partial charge in [-0.2, -0.15) is 5.10 Å². The lowest BCUT2D eigenvalue weighted by molar-refractivity contribution is 0.0696. The minimum absolute atomic E-state index is 0.171. The summed E-state index contributed by atoms with van der Waals surface area (Å²) in [4.78, 5) is 16.8. The van der Waals surface area contributed by atoms with Crippen molar-refractivity contribution in [2.24, 2.45) is 0 Å². The van der Waals surface area contributed by atoms with Crippen LogP contribution in [0.15, 0.2) is 6.20 Å². The number of aromatic carboxylic acids is 1. The van der Waals surface area contributed by atoms with Gasteiger partial charge in [-0.1, -0.05) is 6.92 Å². The van der Waals surface area contributed by atoms with E-state index in [-0.39, 0.29) is 11.4 Å². The van der Waals surface area contributed by atoms with E-state index in [1.54, 1.807) is 25.2 Å². The van der Waals surface area contributed by atoms with Gasteiger partial charge in [-0.3, -0.25) is 0 Å². The predicted octanol–water partition coefficient (Wildman–Crippen LogP) is 2.42. The van der Waals surface area contributed by atoms with Gasteiger partial charge in [0.15, 0.2) is 5.82 Å². The molecule has 0 atom stereocenters. The van der Waals surface area contributed by atoms with Crippen LogP contribution in [-0.2, 0) is 13.0 Å². The molecule has 0 spiro atoms. The quantitative estimate of drug-likeness (QED) is 0.880. The highest BCUT2D eigenvalue weighted by Gasteiger charge is 2.17. The minimum Gasteiger partial charge on any atom is -0.478 e. The van der Waals surface area contributed by atoms with E-state index < -0.39 is 5.97 Å². The Labute approximate surface area is 120 Å². The molecule has 0 saturated carbocycles. The maximum absolute atomic E-state index is 11.3. The van der Waals surface area contributed by atoms with Crippen molar-refractivity contribution in [3.63, 3.8) is 0 Å². The number of aromatic nitrogens is 3. The second kappa shape index (κ2) is 5.96. The number of nitrogens with zero attached hydrogens (tertiary/aromatic N) is 3. The van der Waals surface area contributed by atoms with Crippen molar-refractivity contribution >= 4 is 23.1 Å². The van der Waals surface area contributed by atoms with Crippen LogP contribution in [0.2, 0.25) is 0 Å². The maximum atomic E-state index is 11.3. The number of nitrogens with one attached hydrogen (secondary N) is 1. The second-order valence-electron chi connectivity index (χ2n) is 4.37. The molecule has 0 amide bonds. The van der Waals surface area contributed by atoms with Crippen LogP contribution >= 0.6 is 11.3 Å². The Bertz CT molecular complexity index is 639. The van der Waals surface area contributed by atoms with E-state index in [0.717, 1.165) is 11.4 Å². The minimum atomic E-state index is -1.00. The van der Waals surface area contributed by atoms with Gasteiger partial charge in [-0.05, 0) is 25.8 Å². The van der Waals surface area contributed by atoms with E-state index in [2.05, 4.69) is 27.4 Å². The second-order valence-corrected chi connectivity index (χ2v) is 5.57. The van der Waals surface area contributed by atoms with Gasteiger partial charge < -0.3 is 10.4 Å². The van der Waals surface area contributed by atoms with Crippen LogP contribution in [0.1, 0.15) is 38.4 Å². The normalized spacial score (nSPS) is 10.6. The first-order valence-electron chi connectivity index (χ1n) is 6.27. The van der Waals surface area contributed by atoms with Crippen molar-refractivity contribution < 1.29 is 9.90 Å². The van der Waals surface area contributed by atoms with E-state index in [1.807, 2.05) is 6.20 Å². The van der Waals surface area contributed by atoms with Crippen LogP contribution in [0.25, 0.3) is 0 Å². The number of carboxylic acid groups (broad SMARTS) is 1. The van der Waals surface area contributed by atoms with Gasteiger partial charge in [-0.15, -0.1) is 16.4 Å². The van der Waals surface area contributed by atoms with Gasteiger partial charge in [0, 0.05) is 11.1 Å². The zero-order valence-corrected chi connectivity index (χ0v) is 12.4. The first-order chi connectivity index (χ1) is 9.52. The van der Waals surface area contributed by atoms with Gasteiger partial charge in [0.25, 0.3) is 0 Å². The third-order valence-electron chi connectivity index (χ3n) is 3.03. The predicted molar refractivity (Wildman–Crippen MR) is 77.3 cm³/mol. The molecule has 0 fully saturated rings. The first kappa shape index (κ1) is 14.4. The van der Waals surface area contributed by atoms with Crippen LogP contribution in [0, 0.1) is 13.8 Å². The zero-order chi connectivity index (χ0) is 14.7. The van der Waals surface area contributed by atoms with Crippen molar-refractivity contribution in [1.29, 1.82) is 0 Å². The molecule has 106 valence electrons. The summed E-state index contributed by atoms with van der Waals surface area (Å²) in [6.45, 7) is 5.99. The summed E-state index contributed by atoms with van der Waals surface area (Å²) in [7, 11) is 0. The fourth-order valence-electron chi connectivity index (χ4n) is 1.75. The average molecular weight is 292 g/mol. The van der Waals surface area contributed by atoms with Crippen LogP contribution in [0.5, 0.6) is 0 Å². The molecule has 0 radical (unpaired) electrons. The summed E-state index contributed by atoms with van der Waals surface area (Å²) in [5.74, 6) is -0.717. The SMILES string of the molecule is CCc1cnc(CNc2nnc(C)c(C)c2C(=O)O)s1. The number of carboxylic acids is 1. The molecule has 2 aromatic heterocycles. The summed E-state index contributed by atoms with van der Waals surface area (Å²) >= 11 is 1.60. The molecule has 0 aliphatic rings. The van der Waals surface area contributed by atoms with E-state index in [4.69, 9.17) is 0 Å². The highest BCUT2D eigenvalue weighted by atomic mass is 32.1. The number of thiazole rings is 1. The van der Waals surface area contributed by atoms with Gasteiger partial charge in [0.1, 0.15) is 10.6 Å². The molecule has 7 heteroatoms. The largest absolute Gasteiger partial charge is 0.478 e. The fraction of sp³-hybridized carbons (Fsp3) is 0.385. The van der Waals surface area contributed by atoms with E-state index >= 15 is 0 Å². The lowest BCUT2D eigenvalue weighted by Crippen LogP contribution is -2.12. The van der Waals surface area contributed by atoms with Crippen LogP contribution in [0.4, 0.5) is 5.82 Å². The lowest BCUT2D eigenvalue weighted by Gasteiger charge is -2.10. The number of rotatable bonds is 5. The molecule has 0 aromatic carbocycles. The molecule has 2 heterocycles. The zero-order valence-electron chi connectivity index (χ0n) is 11.6. The Morgan fingerprint density at radius 1 is 1.40 bits per heavy atom. The molecule has 2 aromatic rings. The third-order valence-corrected chi connectivity index (χ3v) is 4.17. The van der Waals surface area contributed by atoms with Gasteiger partial charge in [-0.25, -0.2) is 9.78 Å². The van der Waals surface area contributed by atoms with Crippen LogP contribution < -0.4 is 5.32 Å². The van der Waals surface area contributed by atoms with Crippen LogP contribution in [0.3, 0.4) is 0 Å². The van der Waals surface area contributed by atoms with Crippen molar-refractivity contribution in [3.05, 3.63) is 32.9 Å². The summed E-state index contributed by atoms with van der Waals surface area (Å²) < 4.78 is 0. The number of aryl methyl sites for hydroxylation is 2. The number of hydrogen-bond acceptors (Lipinski definition) is 6. The summed E-state index contributed by atoms with van der Waals surface area (Å²) in [5, 5.41) is 21.1. The molecule has 20 heavy (non-hydrogen) atoms. The fourth-order valence-corrected chi connectivity index (χ4v) is 2.55. The number of anilines is 1. The van der Waals surface area contributed by atoms with Gasteiger partial charge in [0.05, 0.1) is 12.2 Å². The molecular formula is C13H16N4O2S. The Kier molecular flexibility index (Phi) is 4.29. The molecule has 0 unspecified atom stereocenters. The molecular weight excluding hydrogens is 276 g/mol. The van der Waals surface area contributed by atoms with Crippen molar-refractivity contribution in [2.45, 2.75) is 33.7 Å². The summed E-state index contributed by atoms with van der Waals surface area (Å²) in [6.07, 6.45) is 2.79. The summed E-state index contributed by atoms with van der Waals surface area (Å²) in [6, 6.07) is 0. The van der Waals surface area contributed by atoms with E-state index in [9.17, 15) is 9.90 Å². The molecule has 0 saturated heterocycles. The Balaban J connectivity index is 2.21. The van der Waals surface area contributed by atoms with E-state index in [1.165, 1.54) is 4.88 Å². The lowest BCUT2D eigenvalue weighted by atomic mass is 10.1. The highest BCUT2D eigenvalue weighted by molar-refractivity contribution is 7.11. The molecule has 2 N–H and O–H groups in total. The Morgan fingerprint density at radius 3 is 2.75 bits per heavy atom. The number of carbonyl (C=O) groups is 1. The van der Waals surface area contributed by atoms with Crippen molar-refractivity contribution in [2.75, 3.05) is 5.32 Å². The topological polar surface area (TPSA) is 88.0 Å². The molecule has 0 bridgehead atoms. The molecule has 0 aliphatic heterocycles. The molecule has 6 nitrogen and oxygen atoms in total. The molecule has 0 aliphatic carbocycles. The first-order valence-corrected chi connectivity index (χ1v) is 7.09. The van der Waals surface area contributed by atoms with Crippen molar-refractivity contribution in [1.82, 2.24) is 15.2 Å². The Hall–Kier alpha value is -2.02. The monoisotopic (exact) mass is 292 g/mol. The smallest absolute Gasteiger partial charge is 0.339 e. The van der Waals surface area contributed by atoms with E-state index in [0.29, 0.717) is 17.8 Å². The average Bonchev–Trinajstić information content (AvgIpc) is 2.87. The third kappa shape index (κ3) is 2.93. The van der Waals surface area contributed by atoms with Gasteiger partial charge >= 0.3 is 5.97 Å². The summed E-state index contributed by atoms with van der Waals surface area (Å²) in [5.41, 5.74) is 1.42. The highest BCUT2D eigenvalue weighted by Crippen LogP contribution is 2.20. The number of hydrogen-bond donors (Lipinski definition) is 2. The van der Waals surface area contributed by atoms with Gasteiger partial charge in [0.2, 0.25) is 0 Å². The Morgan fingerprint density at radius 2 is 2.15 bits per heavy atom. The van der Waals surface area contributed by atoms with Crippen molar-refractivity contribution in [3.8, 4) is 0 Å².